The first-order chi connectivity index (χ1) is 14.8. The van der Waals surface area contributed by atoms with Crippen LogP contribution in [0.3, 0.4) is 0 Å². The van der Waals surface area contributed by atoms with Gasteiger partial charge in [0.15, 0.2) is 5.69 Å². The van der Waals surface area contributed by atoms with Crippen LogP contribution in [0.15, 0.2) is 6.20 Å². The molecule has 32 heavy (non-hydrogen) atoms. The third-order valence-corrected chi connectivity index (χ3v) is 4.14. The number of alkyl halides is 3. The van der Waals surface area contributed by atoms with Crippen molar-refractivity contribution >= 4 is 24.2 Å². The average molecular weight is 462 g/mol. The number of aromatic nitrogens is 2. The first kappa shape index (κ1) is 27.1. The largest absolute Gasteiger partial charge is 0.434 e. The number of hydrogen-bond donors (Lipinski definition) is 4. The van der Waals surface area contributed by atoms with Crippen LogP contribution in [-0.2, 0) is 15.8 Å². The van der Waals surface area contributed by atoms with Gasteiger partial charge in [-0.3, -0.25) is 30.4 Å². The molecule has 0 fully saturated rings. The lowest BCUT2D eigenvalue weighted by Gasteiger charge is -2.22. The van der Waals surface area contributed by atoms with E-state index in [4.69, 9.17) is 0 Å². The van der Waals surface area contributed by atoms with Crippen LogP contribution in [-0.4, -0.2) is 50.5 Å². The average Bonchev–Trinajstić information content (AvgIpc) is 2.69. The summed E-state index contributed by atoms with van der Waals surface area (Å²) >= 11 is 0. The highest BCUT2D eigenvalue weighted by atomic mass is 19.4. The standard InChI is InChI=1S/C19H29F3N6O4/c1-5-6-7-8-12(10-28(32)11-29)15(30)26-27-17-23-9-13(14(24-17)19(20,21)22)16(31)25-18(2,3)4/h9,11-12,32H,5-8,10H2,1-4H3,(H,25,31)(H,26,30)(H,23,24,27)/t12-/m1/s1. The van der Waals surface area contributed by atoms with E-state index in [1.807, 2.05) is 6.92 Å². The number of unbranched alkanes of at least 4 members (excludes halogenated alkanes) is 2. The van der Waals surface area contributed by atoms with Gasteiger partial charge < -0.3 is 5.32 Å². The number of hydrazine groups is 1. The predicted octanol–water partition coefficient (Wildman–Crippen LogP) is 2.51. The Morgan fingerprint density at radius 2 is 1.91 bits per heavy atom. The van der Waals surface area contributed by atoms with Crippen LogP contribution in [0.25, 0.3) is 0 Å². The molecule has 0 unspecified atom stereocenters. The Kier molecular flexibility index (Phi) is 9.81. The van der Waals surface area contributed by atoms with E-state index in [0.29, 0.717) is 24.1 Å². The van der Waals surface area contributed by atoms with Crippen LogP contribution >= 0.6 is 0 Å². The Bertz CT molecular complexity index is 798. The van der Waals surface area contributed by atoms with Gasteiger partial charge in [-0.2, -0.15) is 13.2 Å². The molecule has 0 saturated heterocycles. The van der Waals surface area contributed by atoms with Crippen molar-refractivity contribution in [1.29, 1.82) is 0 Å². The Labute approximate surface area is 183 Å². The number of nitrogens with one attached hydrogen (secondary N) is 3. The number of hydrogen-bond acceptors (Lipinski definition) is 7. The Morgan fingerprint density at radius 3 is 2.44 bits per heavy atom. The summed E-state index contributed by atoms with van der Waals surface area (Å²) in [7, 11) is 0. The lowest BCUT2D eigenvalue weighted by atomic mass is 10.0. The number of carbonyl (C=O) groups is 3. The summed E-state index contributed by atoms with van der Waals surface area (Å²) in [5.74, 6) is -3.06. The quantitative estimate of drug-likeness (QED) is 0.172. The van der Waals surface area contributed by atoms with Crippen molar-refractivity contribution in [2.24, 2.45) is 5.92 Å². The molecule has 3 amide bonds. The monoisotopic (exact) mass is 462 g/mol. The summed E-state index contributed by atoms with van der Waals surface area (Å²) in [6, 6.07) is 0. The molecule has 1 rings (SSSR count). The van der Waals surface area contributed by atoms with Crippen LogP contribution in [0.5, 0.6) is 0 Å². The van der Waals surface area contributed by atoms with Gasteiger partial charge in [0, 0.05) is 11.7 Å². The summed E-state index contributed by atoms with van der Waals surface area (Å²) in [6.45, 7) is 6.50. The number of nitrogens with zero attached hydrogens (tertiary/aromatic N) is 3. The van der Waals surface area contributed by atoms with Crippen molar-refractivity contribution in [3.8, 4) is 0 Å². The maximum atomic E-state index is 13.5. The molecule has 0 aliphatic rings. The van der Waals surface area contributed by atoms with Crippen molar-refractivity contribution in [3.05, 3.63) is 17.5 Å². The zero-order valence-electron chi connectivity index (χ0n) is 18.4. The maximum Gasteiger partial charge on any atom is 0.434 e. The molecule has 1 aromatic heterocycles. The molecule has 0 aliphatic carbocycles. The molecule has 10 nitrogen and oxygen atoms in total. The summed E-state index contributed by atoms with van der Waals surface area (Å²) in [6.07, 6.45) is -1.40. The summed E-state index contributed by atoms with van der Waals surface area (Å²) in [5, 5.41) is 12.1. The second kappa shape index (κ2) is 11.6. The fourth-order valence-electron chi connectivity index (χ4n) is 2.67. The number of halogens is 3. The van der Waals surface area contributed by atoms with Gasteiger partial charge in [-0.05, 0) is 27.2 Å². The second-order valence-corrected chi connectivity index (χ2v) is 8.19. The summed E-state index contributed by atoms with van der Waals surface area (Å²) < 4.78 is 40.4. The fourth-order valence-corrected chi connectivity index (χ4v) is 2.67. The normalized spacial score (nSPS) is 12.6. The number of amides is 3. The number of anilines is 1. The zero-order valence-corrected chi connectivity index (χ0v) is 18.4. The molecule has 180 valence electrons. The van der Waals surface area contributed by atoms with Gasteiger partial charge in [0.05, 0.1) is 18.0 Å². The van der Waals surface area contributed by atoms with Crippen molar-refractivity contribution in [3.63, 3.8) is 0 Å². The van der Waals surface area contributed by atoms with Gasteiger partial charge in [-0.25, -0.2) is 15.0 Å². The van der Waals surface area contributed by atoms with Crippen molar-refractivity contribution in [1.82, 2.24) is 25.8 Å². The summed E-state index contributed by atoms with van der Waals surface area (Å²) in [4.78, 5) is 42.3. The second-order valence-electron chi connectivity index (χ2n) is 8.19. The molecule has 13 heteroatoms. The van der Waals surface area contributed by atoms with Gasteiger partial charge in [0.25, 0.3) is 5.91 Å². The molecule has 0 bridgehead atoms. The molecular weight excluding hydrogens is 433 g/mol. The Hall–Kier alpha value is -2.96. The predicted molar refractivity (Wildman–Crippen MR) is 108 cm³/mol. The van der Waals surface area contributed by atoms with E-state index in [9.17, 15) is 32.8 Å². The minimum Gasteiger partial charge on any atom is -0.347 e. The molecule has 4 N–H and O–H groups in total. The van der Waals surface area contributed by atoms with Crippen LogP contribution < -0.4 is 16.2 Å². The molecule has 0 saturated carbocycles. The topological polar surface area (TPSA) is 137 Å². The van der Waals surface area contributed by atoms with Crippen LogP contribution in [0.4, 0.5) is 19.1 Å². The van der Waals surface area contributed by atoms with Gasteiger partial charge in [-0.15, -0.1) is 0 Å². The van der Waals surface area contributed by atoms with Gasteiger partial charge >= 0.3 is 6.18 Å². The van der Waals surface area contributed by atoms with E-state index < -0.39 is 46.7 Å². The van der Waals surface area contributed by atoms with E-state index in [1.165, 1.54) is 0 Å². The third-order valence-electron chi connectivity index (χ3n) is 4.14. The molecule has 1 aromatic rings. The van der Waals surface area contributed by atoms with Crippen molar-refractivity contribution in [2.45, 2.75) is 65.1 Å². The first-order valence-corrected chi connectivity index (χ1v) is 10.0. The highest BCUT2D eigenvalue weighted by Gasteiger charge is 2.38. The molecule has 0 aromatic carbocycles. The molecule has 0 radical (unpaired) electrons. The fraction of sp³-hybridized carbons (Fsp3) is 0.632. The maximum absolute atomic E-state index is 13.5. The molecule has 1 atom stereocenters. The number of carbonyl (C=O) groups excluding carboxylic acids is 3. The highest BCUT2D eigenvalue weighted by molar-refractivity contribution is 5.95. The lowest BCUT2D eigenvalue weighted by molar-refractivity contribution is -0.154. The SMILES string of the molecule is CCCCC[C@H](CN(O)C=O)C(=O)NNc1ncc(C(=O)NC(C)(C)C)c(C(F)(F)F)n1. The van der Waals surface area contributed by atoms with Crippen LogP contribution in [0.2, 0.25) is 0 Å². The minimum atomic E-state index is -4.95. The molecule has 0 spiro atoms. The molecule has 0 aliphatic heterocycles. The van der Waals surface area contributed by atoms with E-state index >= 15 is 0 Å². The zero-order chi connectivity index (χ0) is 24.5. The molecular formula is C19H29F3N6O4. The van der Waals surface area contributed by atoms with Crippen molar-refractivity contribution in [2.75, 3.05) is 12.0 Å². The van der Waals surface area contributed by atoms with Gasteiger partial charge in [-0.1, -0.05) is 26.2 Å². The smallest absolute Gasteiger partial charge is 0.347 e. The van der Waals surface area contributed by atoms with E-state index in [2.05, 4.69) is 26.1 Å². The van der Waals surface area contributed by atoms with E-state index in [0.717, 1.165) is 12.8 Å². The summed E-state index contributed by atoms with van der Waals surface area (Å²) in [5.41, 5.74) is 1.37. The highest BCUT2D eigenvalue weighted by Crippen LogP contribution is 2.31. The lowest BCUT2D eigenvalue weighted by Crippen LogP contribution is -2.42. The number of rotatable bonds is 11. The molecule has 1 heterocycles. The van der Waals surface area contributed by atoms with E-state index in [-0.39, 0.29) is 13.0 Å². The van der Waals surface area contributed by atoms with Crippen molar-refractivity contribution < 1.29 is 32.8 Å². The van der Waals surface area contributed by atoms with Gasteiger partial charge in [0.2, 0.25) is 18.3 Å². The van der Waals surface area contributed by atoms with Crippen LogP contribution in [0, 0.1) is 5.92 Å². The van der Waals surface area contributed by atoms with Gasteiger partial charge in [0.1, 0.15) is 0 Å². The Morgan fingerprint density at radius 1 is 1.25 bits per heavy atom. The van der Waals surface area contributed by atoms with Crippen LogP contribution in [0.1, 0.15) is 69.4 Å². The first-order valence-electron chi connectivity index (χ1n) is 10.0. The number of hydroxylamine groups is 2. The minimum absolute atomic E-state index is 0.146. The third kappa shape index (κ3) is 9.04. The Balaban J connectivity index is 2.99. The van der Waals surface area contributed by atoms with E-state index in [1.54, 1.807) is 20.8 Å².